The van der Waals surface area contributed by atoms with Gasteiger partial charge >= 0.3 is 0 Å². The van der Waals surface area contributed by atoms with Crippen molar-refractivity contribution in [1.29, 1.82) is 0 Å². The van der Waals surface area contributed by atoms with Gasteiger partial charge in [-0.3, -0.25) is 4.90 Å². The van der Waals surface area contributed by atoms with E-state index in [-0.39, 0.29) is 0 Å². The molecule has 4 rings (SSSR count). The van der Waals surface area contributed by atoms with E-state index in [1.807, 2.05) is 0 Å². The Morgan fingerprint density at radius 3 is 2.83 bits per heavy atom. The molecule has 2 nitrogen and oxygen atoms in total. The predicted molar refractivity (Wildman–Crippen MR) is 73.5 cm³/mol. The van der Waals surface area contributed by atoms with E-state index in [0.29, 0.717) is 6.04 Å². The van der Waals surface area contributed by atoms with Crippen LogP contribution in [0.25, 0.3) is 0 Å². The van der Waals surface area contributed by atoms with Crippen LogP contribution in [0.15, 0.2) is 24.3 Å². The number of hydrogen-bond acceptors (Lipinski definition) is 2. The number of nitrogens with zero attached hydrogens (tertiary/aromatic N) is 1. The summed E-state index contributed by atoms with van der Waals surface area (Å²) in [6, 6.07) is 10.5. The lowest BCUT2D eigenvalue weighted by Crippen LogP contribution is -2.46. The van der Waals surface area contributed by atoms with Gasteiger partial charge in [-0.05, 0) is 42.7 Å². The number of hydrogen-bond donors (Lipinski definition) is 1. The van der Waals surface area contributed by atoms with Crippen molar-refractivity contribution < 1.29 is 0 Å². The molecule has 2 heterocycles. The van der Waals surface area contributed by atoms with Crippen LogP contribution >= 0.6 is 0 Å². The molecule has 2 bridgehead atoms. The smallest absolute Gasteiger partial charge is 0.0238 e. The van der Waals surface area contributed by atoms with E-state index in [1.165, 1.54) is 44.3 Å². The van der Waals surface area contributed by atoms with Gasteiger partial charge in [0.05, 0.1) is 0 Å². The van der Waals surface area contributed by atoms with Crippen LogP contribution in [0.4, 0.5) is 0 Å². The van der Waals surface area contributed by atoms with Crippen molar-refractivity contribution in [3.63, 3.8) is 0 Å². The second-order valence-corrected chi connectivity index (χ2v) is 6.34. The van der Waals surface area contributed by atoms with Crippen molar-refractivity contribution in [3.05, 3.63) is 35.4 Å². The van der Waals surface area contributed by atoms with Gasteiger partial charge in [0.1, 0.15) is 0 Å². The molecule has 1 aromatic carbocycles. The van der Waals surface area contributed by atoms with Gasteiger partial charge in [0.2, 0.25) is 0 Å². The molecule has 2 unspecified atom stereocenters. The predicted octanol–water partition coefficient (Wildman–Crippen LogP) is 2.19. The summed E-state index contributed by atoms with van der Waals surface area (Å²) < 4.78 is 0. The maximum atomic E-state index is 3.72. The molecule has 3 aliphatic rings. The molecule has 0 amide bonds. The molecule has 1 N–H and O–H groups in total. The minimum absolute atomic E-state index is 0.666. The molecule has 0 spiro atoms. The van der Waals surface area contributed by atoms with Crippen LogP contribution in [0, 0.1) is 5.92 Å². The molecule has 1 aliphatic carbocycles. The van der Waals surface area contributed by atoms with Crippen LogP contribution < -0.4 is 5.32 Å². The molecule has 18 heavy (non-hydrogen) atoms. The van der Waals surface area contributed by atoms with Crippen LogP contribution in [0.1, 0.15) is 30.4 Å². The fraction of sp³-hybridized carbons (Fsp3) is 0.625. The number of likely N-dealkylation sites (tertiary alicyclic amines) is 1. The van der Waals surface area contributed by atoms with Crippen molar-refractivity contribution in [3.8, 4) is 0 Å². The first-order valence-corrected chi connectivity index (χ1v) is 7.43. The van der Waals surface area contributed by atoms with Gasteiger partial charge in [0.15, 0.2) is 0 Å². The number of nitrogens with one attached hydrogen (secondary N) is 1. The van der Waals surface area contributed by atoms with Gasteiger partial charge in [0, 0.05) is 31.7 Å². The third kappa shape index (κ3) is 1.88. The van der Waals surface area contributed by atoms with Gasteiger partial charge in [-0.15, -0.1) is 0 Å². The van der Waals surface area contributed by atoms with Gasteiger partial charge < -0.3 is 5.32 Å². The zero-order valence-corrected chi connectivity index (χ0v) is 10.9. The summed E-state index contributed by atoms with van der Waals surface area (Å²) in [6.45, 7) is 3.68. The molecular weight excluding hydrogens is 220 g/mol. The maximum Gasteiger partial charge on any atom is 0.0238 e. The molecule has 2 aliphatic heterocycles. The van der Waals surface area contributed by atoms with Crippen molar-refractivity contribution >= 4 is 0 Å². The molecular formula is C16H22N2. The first kappa shape index (κ1) is 11.0. The molecule has 0 aromatic heterocycles. The summed E-state index contributed by atoms with van der Waals surface area (Å²) in [5.41, 5.74) is 3.06. The lowest BCUT2D eigenvalue weighted by atomic mass is 9.95. The summed E-state index contributed by atoms with van der Waals surface area (Å²) in [4.78, 5) is 2.75. The van der Waals surface area contributed by atoms with Gasteiger partial charge in [-0.1, -0.05) is 24.3 Å². The Labute approximate surface area is 109 Å². The van der Waals surface area contributed by atoms with E-state index in [4.69, 9.17) is 0 Å². The van der Waals surface area contributed by atoms with E-state index in [2.05, 4.69) is 34.5 Å². The lowest BCUT2D eigenvalue weighted by molar-refractivity contribution is 0.187. The van der Waals surface area contributed by atoms with E-state index >= 15 is 0 Å². The summed E-state index contributed by atoms with van der Waals surface area (Å²) in [6.07, 6.45) is 5.63. The highest BCUT2D eigenvalue weighted by Gasteiger charge is 2.38. The molecule has 96 valence electrons. The number of fused-ring (bicyclic) bond motifs is 3. The Kier molecular flexibility index (Phi) is 2.66. The molecule has 1 aromatic rings. The van der Waals surface area contributed by atoms with Crippen LogP contribution in [-0.2, 0) is 13.0 Å². The summed E-state index contributed by atoms with van der Waals surface area (Å²) >= 11 is 0. The third-order valence-electron chi connectivity index (χ3n) is 5.14. The topological polar surface area (TPSA) is 15.3 Å². The fourth-order valence-corrected chi connectivity index (χ4v) is 4.18. The van der Waals surface area contributed by atoms with Gasteiger partial charge in [0.25, 0.3) is 0 Å². The first-order valence-electron chi connectivity index (χ1n) is 7.43. The Morgan fingerprint density at radius 2 is 2.06 bits per heavy atom. The van der Waals surface area contributed by atoms with Crippen LogP contribution in [0.2, 0.25) is 0 Å². The molecule has 2 heteroatoms. The normalized spacial score (nSPS) is 34.8. The highest BCUT2D eigenvalue weighted by atomic mass is 15.2. The Balaban J connectivity index is 1.42. The SMILES string of the molecule is c1ccc2c(c1)CN[C@H](CN1CC3CCC1C3)C2. The average Bonchev–Trinajstić information content (AvgIpc) is 3.01. The van der Waals surface area contributed by atoms with Crippen LogP contribution in [0.3, 0.4) is 0 Å². The van der Waals surface area contributed by atoms with Gasteiger partial charge in [-0.2, -0.15) is 0 Å². The van der Waals surface area contributed by atoms with E-state index in [9.17, 15) is 0 Å². The molecule has 2 fully saturated rings. The monoisotopic (exact) mass is 242 g/mol. The van der Waals surface area contributed by atoms with E-state index < -0.39 is 0 Å². The van der Waals surface area contributed by atoms with Crippen LogP contribution in [0.5, 0.6) is 0 Å². The number of benzene rings is 1. The zero-order valence-electron chi connectivity index (χ0n) is 10.9. The number of piperidine rings is 1. The molecule has 1 saturated carbocycles. The molecule has 3 atom stereocenters. The van der Waals surface area contributed by atoms with Crippen molar-refractivity contribution in [2.45, 2.75) is 44.3 Å². The highest BCUT2D eigenvalue weighted by molar-refractivity contribution is 5.30. The third-order valence-corrected chi connectivity index (χ3v) is 5.14. The Morgan fingerprint density at radius 1 is 1.17 bits per heavy atom. The average molecular weight is 242 g/mol. The molecule has 1 saturated heterocycles. The largest absolute Gasteiger partial charge is 0.308 e. The van der Waals surface area contributed by atoms with Gasteiger partial charge in [-0.25, -0.2) is 0 Å². The number of rotatable bonds is 2. The lowest BCUT2D eigenvalue weighted by Gasteiger charge is -2.33. The minimum Gasteiger partial charge on any atom is -0.308 e. The second kappa shape index (κ2) is 4.36. The van der Waals surface area contributed by atoms with Crippen molar-refractivity contribution in [1.82, 2.24) is 10.2 Å². The van der Waals surface area contributed by atoms with Crippen LogP contribution in [-0.4, -0.2) is 30.1 Å². The minimum atomic E-state index is 0.666. The van der Waals surface area contributed by atoms with E-state index in [0.717, 1.165) is 18.5 Å². The second-order valence-electron chi connectivity index (χ2n) is 6.34. The maximum absolute atomic E-state index is 3.72. The first-order chi connectivity index (χ1) is 8.88. The fourth-order valence-electron chi connectivity index (χ4n) is 4.18. The standard InChI is InChI=1S/C16H22N2/c1-2-4-14-9-17-15(8-13(14)3-1)11-18-10-12-5-6-16(18)7-12/h1-4,12,15-17H,5-11H2/t12?,15-,16?/m0/s1. The summed E-state index contributed by atoms with van der Waals surface area (Å²) in [7, 11) is 0. The van der Waals surface area contributed by atoms with Crippen molar-refractivity contribution in [2.75, 3.05) is 13.1 Å². The van der Waals surface area contributed by atoms with Crippen molar-refractivity contribution in [2.24, 2.45) is 5.92 Å². The summed E-state index contributed by atoms with van der Waals surface area (Å²) in [5, 5.41) is 3.72. The Bertz CT molecular complexity index is 442. The summed E-state index contributed by atoms with van der Waals surface area (Å²) in [5.74, 6) is 1.02. The Hall–Kier alpha value is -0.860. The molecule has 0 radical (unpaired) electrons. The zero-order chi connectivity index (χ0) is 11.9. The highest BCUT2D eigenvalue weighted by Crippen LogP contribution is 2.37. The quantitative estimate of drug-likeness (QED) is 0.855. The van der Waals surface area contributed by atoms with E-state index in [1.54, 1.807) is 5.56 Å².